The normalized spacial score (nSPS) is 16.9. The first-order valence-corrected chi connectivity index (χ1v) is 10.5. The SMILES string of the molecule is CCCCCCNC(=O)C1CCN(S(=O)(=O)c2c(C)noc2C)CC1. The summed E-state index contributed by atoms with van der Waals surface area (Å²) in [6, 6.07) is 0. The van der Waals surface area contributed by atoms with E-state index < -0.39 is 10.0 Å². The van der Waals surface area contributed by atoms with Crippen LogP contribution in [-0.2, 0) is 14.8 Å². The molecule has 7 nitrogen and oxygen atoms in total. The Morgan fingerprint density at radius 2 is 1.92 bits per heavy atom. The summed E-state index contributed by atoms with van der Waals surface area (Å²) < 4.78 is 31.9. The fourth-order valence-electron chi connectivity index (χ4n) is 3.24. The van der Waals surface area contributed by atoms with E-state index >= 15 is 0 Å². The molecule has 1 amide bonds. The zero-order valence-electron chi connectivity index (χ0n) is 15.4. The summed E-state index contributed by atoms with van der Waals surface area (Å²) in [6.07, 6.45) is 5.58. The van der Waals surface area contributed by atoms with E-state index in [4.69, 9.17) is 4.52 Å². The molecule has 0 aromatic carbocycles. The maximum absolute atomic E-state index is 12.8. The second-order valence-corrected chi connectivity index (χ2v) is 8.56. The van der Waals surface area contributed by atoms with Crippen LogP contribution >= 0.6 is 0 Å². The third kappa shape index (κ3) is 4.82. The van der Waals surface area contributed by atoms with Gasteiger partial charge in [0, 0.05) is 25.6 Å². The van der Waals surface area contributed by atoms with E-state index in [0.29, 0.717) is 43.9 Å². The summed E-state index contributed by atoms with van der Waals surface area (Å²) in [7, 11) is -3.61. The Hall–Kier alpha value is -1.41. The summed E-state index contributed by atoms with van der Waals surface area (Å²) in [5.74, 6) is 0.248. The van der Waals surface area contributed by atoms with E-state index in [0.717, 1.165) is 12.8 Å². The van der Waals surface area contributed by atoms with Crippen molar-refractivity contribution in [2.75, 3.05) is 19.6 Å². The van der Waals surface area contributed by atoms with Gasteiger partial charge in [0.15, 0.2) is 5.76 Å². The summed E-state index contributed by atoms with van der Waals surface area (Å²) in [4.78, 5) is 12.4. The van der Waals surface area contributed by atoms with Crippen molar-refractivity contribution in [1.82, 2.24) is 14.8 Å². The van der Waals surface area contributed by atoms with Crippen LogP contribution in [0, 0.1) is 19.8 Å². The number of aromatic nitrogens is 1. The van der Waals surface area contributed by atoms with Gasteiger partial charge < -0.3 is 9.84 Å². The van der Waals surface area contributed by atoms with E-state index in [1.165, 1.54) is 17.1 Å². The van der Waals surface area contributed by atoms with E-state index in [1.54, 1.807) is 13.8 Å². The number of amides is 1. The summed E-state index contributed by atoms with van der Waals surface area (Å²) >= 11 is 0. The number of hydrogen-bond donors (Lipinski definition) is 1. The topological polar surface area (TPSA) is 92.5 Å². The first-order chi connectivity index (χ1) is 11.9. The van der Waals surface area contributed by atoms with Gasteiger partial charge in [-0.1, -0.05) is 31.3 Å². The quantitative estimate of drug-likeness (QED) is 0.708. The van der Waals surface area contributed by atoms with Crippen molar-refractivity contribution in [3.8, 4) is 0 Å². The van der Waals surface area contributed by atoms with Crippen molar-refractivity contribution in [3.05, 3.63) is 11.5 Å². The lowest BCUT2D eigenvalue weighted by atomic mass is 9.97. The minimum absolute atomic E-state index is 0.0471. The number of carbonyl (C=O) groups excluding carboxylic acids is 1. The number of rotatable bonds is 8. The minimum Gasteiger partial charge on any atom is -0.360 e. The van der Waals surface area contributed by atoms with Crippen molar-refractivity contribution in [2.24, 2.45) is 5.92 Å². The highest BCUT2D eigenvalue weighted by atomic mass is 32.2. The Kier molecular flexibility index (Phi) is 7.01. The summed E-state index contributed by atoms with van der Waals surface area (Å²) in [5.41, 5.74) is 0.379. The predicted octanol–water partition coefficient (Wildman–Crippen LogP) is 2.39. The molecule has 0 spiro atoms. The Labute approximate surface area is 150 Å². The number of piperidine rings is 1. The van der Waals surface area contributed by atoms with Crippen LogP contribution in [0.4, 0.5) is 0 Å². The number of sulfonamides is 1. The fraction of sp³-hybridized carbons (Fsp3) is 0.765. The molecule has 1 aromatic heterocycles. The number of nitrogens with zero attached hydrogens (tertiary/aromatic N) is 2. The molecule has 142 valence electrons. The lowest BCUT2D eigenvalue weighted by molar-refractivity contribution is -0.126. The van der Waals surface area contributed by atoms with Gasteiger partial charge in [0.05, 0.1) is 0 Å². The molecule has 25 heavy (non-hydrogen) atoms. The maximum atomic E-state index is 12.8. The van der Waals surface area contributed by atoms with Crippen LogP contribution in [0.3, 0.4) is 0 Å². The number of nitrogens with one attached hydrogen (secondary N) is 1. The predicted molar refractivity (Wildman–Crippen MR) is 94.6 cm³/mol. The van der Waals surface area contributed by atoms with Gasteiger partial charge in [0.25, 0.3) is 0 Å². The second kappa shape index (κ2) is 8.80. The van der Waals surface area contributed by atoms with Gasteiger partial charge in [-0.2, -0.15) is 4.31 Å². The second-order valence-electron chi connectivity index (χ2n) is 6.68. The monoisotopic (exact) mass is 371 g/mol. The molecule has 0 bridgehead atoms. The molecular formula is C17H29N3O4S. The molecule has 0 saturated carbocycles. The molecule has 1 N–H and O–H groups in total. The molecule has 1 aromatic rings. The molecular weight excluding hydrogens is 342 g/mol. The first kappa shape index (κ1) is 19.9. The number of carbonyl (C=O) groups is 1. The van der Waals surface area contributed by atoms with Crippen LogP contribution in [0.1, 0.15) is 56.9 Å². The lowest BCUT2D eigenvalue weighted by Gasteiger charge is -2.30. The Bertz CT molecular complexity index is 657. The van der Waals surface area contributed by atoms with Gasteiger partial charge in [0.2, 0.25) is 15.9 Å². The van der Waals surface area contributed by atoms with Gasteiger partial charge in [0.1, 0.15) is 10.6 Å². The summed E-state index contributed by atoms with van der Waals surface area (Å²) in [5, 5.41) is 6.71. The highest BCUT2D eigenvalue weighted by molar-refractivity contribution is 7.89. The van der Waals surface area contributed by atoms with Crippen LogP contribution in [0.15, 0.2) is 9.42 Å². The molecule has 2 rings (SSSR count). The van der Waals surface area contributed by atoms with E-state index in [-0.39, 0.29) is 16.7 Å². The Balaban J connectivity index is 1.86. The average molecular weight is 372 g/mol. The largest absolute Gasteiger partial charge is 0.360 e. The highest BCUT2D eigenvalue weighted by Gasteiger charge is 2.35. The standard InChI is InChI=1S/C17H29N3O4S/c1-4-5-6-7-10-18-17(21)15-8-11-20(12-9-15)25(22,23)16-13(2)19-24-14(16)3/h15H,4-12H2,1-3H3,(H,18,21). The van der Waals surface area contributed by atoms with E-state index in [1.807, 2.05) is 0 Å². The minimum atomic E-state index is -3.61. The van der Waals surface area contributed by atoms with Gasteiger partial charge in [-0.3, -0.25) is 4.79 Å². The van der Waals surface area contributed by atoms with E-state index in [9.17, 15) is 13.2 Å². The summed E-state index contributed by atoms with van der Waals surface area (Å²) in [6.45, 7) is 6.79. The maximum Gasteiger partial charge on any atom is 0.248 e. The third-order valence-electron chi connectivity index (χ3n) is 4.72. The molecule has 8 heteroatoms. The van der Waals surface area contributed by atoms with Crippen LogP contribution < -0.4 is 5.32 Å². The number of aryl methyl sites for hydroxylation is 2. The molecule has 2 heterocycles. The number of unbranched alkanes of at least 4 members (excludes halogenated alkanes) is 3. The molecule has 0 unspecified atom stereocenters. The van der Waals surface area contributed by atoms with E-state index in [2.05, 4.69) is 17.4 Å². The average Bonchev–Trinajstić information content (AvgIpc) is 2.94. The van der Waals surface area contributed by atoms with Crippen molar-refractivity contribution >= 4 is 15.9 Å². The van der Waals surface area contributed by atoms with Gasteiger partial charge in [-0.15, -0.1) is 0 Å². The third-order valence-corrected chi connectivity index (χ3v) is 6.86. The Morgan fingerprint density at radius 3 is 2.48 bits per heavy atom. The molecule has 1 aliphatic rings. The molecule has 1 aliphatic heterocycles. The van der Waals surface area contributed by atoms with Crippen molar-refractivity contribution in [3.63, 3.8) is 0 Å². The zero-order valence-corrected chi connectivity index (χ0v) is 16.2. The van der Waals surface area contributed by atoms with Gasteiger partial charge >= 0.3 is 0 Å². The van der Waals surface area contributed by atoms with Crippen molar-refractivity contribution in [2.45, 2.75) is 64.2 Å². The zero-order chi connectivity index (χ0) is 18.4. The number of hydrogen-bond acceptors (Lipinski definition) is 5. The highest BCUT2D eigenvalue weighted by Crippen LogP contribution is 2.27. The Morgan fingerprint density at radius 1 is 1.24 bits per heavy atom. The lowest BCUT2D eigenvalue weighted by Crippen LogP contribution is -2.43. The van der Waals surface area contributed by atoms with Crippen molar-refractivity contribution < 1.29 is 17.7 Å². The molecule has 1 saturated heterocycles. The first-order valence-electron chi connectivity index (χ1n) is 9.08. The molecule has 0 atom stereocenters. The van der Waals surface area contributed by atoms with Crippen LogP contribution in [0.25, 0.3) is 0 Å². The smallest absolute Gasteiger partial charge is 0.248 e. The van der Waals surface area contributed by atoms with Crippen LogP contribution in [0.2, 0.25) is 0 Å². The molecule has 0 aliphatic carbocycles. The van der Waals surface area contributed by atoms with Gasteiger partial charge in [-0.25, -0.2) is 8.42 Å². The van der Waals surface area contributed by atoms with Crippen LogP contribution in [-0.4, -0.2) is 43.4 Å². The fourth-order valence-corrected chi connectivity index (χ4v) is 5.00. The molecule has 1 fully saturated rings. The molecule has 0 radical (unpaired) electrons. The van der Waals surface area contributed by atoms with Crippen molar-refractivity contribution in [1.29, 1.82) is 0 Å². The van der Waals surface area contributed by atoms with Crippen LogP contribution in [0.5, 0.6) is 0 Å². The van der Waals surface area contributed by atoms with Gasteiger partial charge in [-0.05, 0) is 33.1 Å².